The smallest absolute Gasteiger partial charge is 0.408 e. The minimum Gasteiger partial charge on any atom is -0.445 e. The van der Waals surface area contributed by atoms with Crippen molar-refractivity contribution >= 4 is 45.2 Å². The molecule has 27 heavy (non-hydrogen) atoms. The van der Waals surface area contributed by atoms with Crippen molar-refractivity contribution in [2.45, 2.75) is 32.9 Å². The Kier molecular flexibility index (Phi) is 8.13. The molecule has 0 unspecified atom stereocenters. The molecule has 0 aromatic heterocycles. The third-order valence-electron chi connectivity index (χ3n) is 4.17. The molecule has 2 atom stereocenters. The van der Waals surface area contributed by atoms with E-state index in [0.717, 1.165) is 12.0 Å². The third kappa shape index (κ3) is 6.56. The van der Waals surface area contributed by atoms with Crippen molar-refractivity contribution in [2.75, 3.05) is 5.32 Å². The van der Waals surface area contributed by atoms with Crippen LogP contribution in [0.3, 0.4) is 0 Å². The average molecular weight is 454 g/mol. The van der Waals surface area contributed by atoms with E-state index in [9.17, 15) is 9.59 Å². The Balaban J connectivity index is 1.99. The molecule has 7 heteroatoms. The molecule has 2 rings (SSSR count). The zero-order chi connectivity index (χ0) is 19.8. The van der Waals surface area contributed by atoms with Gasteiger partial charge in [-0.2, -0.15) is 0 Å². The monoisotopic (exact) mass is 452 g/mol. The number of carbonyl (C=O) groups is 2. The second-order valence-electron chi connectivity index (χ2n) is 6.19. The van der Waals surface area contributed by atoms with E-state index in [4.69, 9.17) is 16.3 Å². The molecule has 0 aliphatic heterocycles. The molecule has 0 heterocycles. The van der Waals surface area contributed by atoms with Crippen LogP contribution < -0.4 is 10.6 Å². The first-order valence-corrected chi connectivity index (χ1v) is 9.81. The van der Waals surface area contributed by atoms with E-state index in [1.807, 2.05) is 44.2 Å². The summed E-state index contributed by atoms with van der Waals surface area (Å²) in [4.78, 5) is 24.9. The van der Waals surface area contributed by atoms with Gasteiger partial charge in [0, 0.05) is 10.2 Å². The molecule has 0 fully saturated rings. The van der Waals surface area contributed by atoms with E-state index in [0.29, 0.717) is 15.2 Å². The largest absolute Gasteiger partial charge is 0.445 e. The topological polar surface area (TPSA) is 67.4 Å². The molecule has 2 amide bonds. The van der Waals surface area contributed by atoms with Crippen molar-refractivity contribution in [3.8, 4) is 0 Å². The number of rotatable bonds is 7. The number of amides is 2. The fourth-order valence-corrected chi connectivity index (χ4v) is 2.88. The fraction of sp³-hybridized carbons (Fsp3) is 0.300. The van der Waals surface area contributed by atoms with Gasteiger partial charge in [-0.05, 0) is 45.6 Å². The van der Waals surface area contributed by atoms with Gasteiger partial charge < -0.3 is 15.4 Å². The first-order valence-electron chi connectivity index (χ1n) is 8.63. The van der Waals surface area contributed by atoms with Gasteiger partial charge in [0.05, 0.1) is 5.02 Å². The Hall–Kier alpha value is -2.05. The normalized spacial score (nSPS) is 12.7. The van der Waals surface area contributed by atoms with E-state index < -0.39 is 12.1 Å². The number of nitrogens with one attached hydrogen (secondary N) is 2. The minimum atomic E-state index is -0.715. The summed E-state index contributed by atoms with van der Waals surface area (Å²) < 4.78 is 5.91. The standard InChI is InChI=1S/C20H22BrClN2O3/c1-3-13(2)18(19(25)23-15-9-10-17(22)16(21)11-15)24-20(26)27-12-14-7-5-4-6-8-14/h4-11,13,18H,3,12H2,1-2H3,(H,23,25)(H,24,26)/t13-,18+/m0/s1. The minimum absolute atomic E-state index is 0.0648. The van der Waals surface area contributed by atoms with Crippen LogP contribution >= 0.6 is 27.5 Å². The Morgan fingerprint density at radius 1 is 1.19 bits per heavy atom. The maximum Gasteiger partial charge on any atom is 0.408 e. The lowest BCUT2D eigenvalue weighted by atomic mass is 9.98. The van der Waals surface area contributed by atoms with E-state index in [1.54, 1.807) is 18.2 Å². The molecule has 0 aliphatic carbocycles. The molecule has 0 radical (unpaired) electrons. The highest BCUT2D eigenvalue weighted by Crippen LogP contribution is 2.25. The van der Waals surface area contributed by atoms with Gasteiger partial charge >= 0.3 is 6.09 Å². The van der Waals surface area contributed by atoms with Gasteiger partial charge in [-0.15, -0.1) is 0 Å². The fourth-order valence-electron chi connectivity index (χ4n) is 2.39. The van der Waals surface area contributed by atoms with Crippen LogP contribution in [0.4, 0.5) is 10.5 Å². The van der Waals surface area contributed by atoms with Gasteiger partial charge in [-0.3, -0.25) is 4.79 Å². The van der Waals surface area contributed by atoms with Crippen LogP contribution in [-0.4, -0.2) is 18.0 Å². The number of anilines is 1. The summed E-state index contributed by atoms with van der Waals surface area (Å²) in [5, 5.41) is 6.03. The molecule has 0 aliphatic rings. The summed E-state index contributed by atoms with van der Waals surface area (Å²) in [7, 11) is 0. The van der Waals surface area contributed by atoms with Gasteiger partial charge in [0.15, 0.2) is 0 Å². The number of hydrogen-bond acceptors (Lipinski definition) is 3. The lowest BCUT2D eigenvalue weighted by Crippen LogP contribution is -2.47. The van der Waals surface area contributed by atoms with E-state index in [-0.39, 0.29) is 18.4 Å². The lowest BCUT2D eigenvalue weighted by molar-refractivity contribution is -0.119. The van der Waals surface area contributed by atoms with Crippen LogP contribution in [0.25, 0.3) is 0 Å². The Morgan fingerprint density at radius 3 is 2.52 bits per heavy atom. The first-order chi connectivity index (χ1) is 12.9. The van der Waals surface area contributed by atoms with Gasteiger partial charge in [0.2, 0.25) is 5.91 Å². The molecular formula is C20H22BrClN2O3. The molecule has 0 spiro atoms. The molecule has 5 nitrogen and oxygen atoms in total. The maximum atomic E-state index is 12.7. The molecule has 2 aromatic rings. The van der Waals surface area contributed by atoms with Crippen LogP contribution in [0, 0.1) is 5.92 Å². The lowest BCUT2D eigenvalue weighted by Gasteiger charge is -2.23. The quantitative estimate of drug-likeness (QED) is 0.591. The zero-order valence-corrected chi connectivity index (χ0v) is 17.5. The van der Waals surface area contributed by atoms with E-state index in [2.05, 4.69) is 26.6 Å². The summed E-state index contributed by atoms with van der Waals surface area (Å²) in [6.07, 6.45) is 0.0954. The summed E-state index contributed by atoms with van der Waals surface area (Å²) in [6, 6.07) is 13.7. The number of halogens is 2. The molecule has 0 saturated carbocycles. The van der Waals surface area contributed by atoms with Crippen molar-refractivity contribution in [3.05, 3.63) is 63.6 Å². The predicted molar refractivity (Wildman–Crippen MR) is 111 cm³/mol. The van der Waals surface area contributed by atoms with Crippen molar-refractivity contribution in [3.63, 3.8) is 0 Å². The first kappa shape index (κ1) is 21.3. The average Bonchev–Trinajstić information content (AvgIpc) is 2.67. The summed E-state index contributed by atoms with van der Waals surface area (Å²) >= 11 is 9.30. The van der Waals surface area contributed by atoms with E-state index in [1.165, 1.54) is 0 Å². The van der Waals surface area contributed by atoms with Crippen LogP contribution in [0.1, 0.15) is 25.8 Å². The van der Waals surface area contributed by atoms with Crippen LogP contribution in [0.15, 0.2) is 53.0 Å². The zero-order valence-electron chi connectivity index (χ0n) is 15.2. The highest BCUT2D eigenvalue weighted by atomic mass is 79.9. The summed E-state index contributed by atoms with van der Waals surface area (Å²) in [6.45, 7) is 4.01. The Morgan fingerprint density at radius 2 is 1.89 bits per heavy atom. The molecule has 0 bridgehead atoms. The maximum absolute atomic E-state index is 12.7. The number of alkyl carbamates (subject to hydrolysis) is 1. The highest BCUT2D eigenvalue weighted by Gasteiger charge is 2.26. The van der Waals surface area contributed by atoms with Gasteiger partial charge in [-0.1, -0.05) is 62.2 Å². The molecule has 144 valence electrons. The second-order valence-corrected chi connectivity index (χ2v) is 7.45. The van der Waals surface area contributed by atoms with Gasteiger partial charge in [-0.25, -0.2) is 4.79 Å². The van der Waals surface area contributed by atoms with Gasteiger partial charge in [0.1, 0.15) is 12.6 Å². The van der Waals surface area contributed by atoms with Crippen molar-refractivity contribution < 1.29 is 14.3 Å². The van der Waals surface area contributed by atoms with Crippen molar-refractivity contribution in [2.24, 2.45) is 5.92 Å². The Labute approximate surface area is 172 Å². The van der Waals surface area contributed by atoms with Crippen LogP contribution in [-0.2, 0) is 16.1 Å². The summed E-state index contributed by atoms with van der Waals surface area (Å²) in [5.74, 6) is -0.375. The molecular weight excluding hydrogens is 432 g/mol. The second kappa shape index (κ2) is 10.3. The molecule has 2 aromatic carbocycles. The number of hydrogen-bond donors (Lipinski definition) is 2. The third-order valence-corrected chi connectivity index (χ3v) is 5.38. The number of carbonyl (C=O) groups excluding carboxylic acids is 2. The predicted octanol–water partition coefficient (Wildman–Crippen LogP) is 5.38. The van der Waals surface area contributed by atoms with Crippen LogP contribution in [0.5, 0.6) is 0 Å². The van der Waals surface area contributed by atoms with Crippen molar-refractivity contribution in [1.29, 1.82) is 0 Å². The molecule has 2 N–H and O–H groups in total. The summed E-state index contributed by atoms with van der Waals surface area (Å²) in [5.41, 5.74) is 1.47. The van der Waals surface area contributed by atoms with E-state index >= 15 is 0 Å². The van der Waals surface area contributed by atoms with Gasteiger partial charge in [0.25, 0.3) is 0 Å². The van der Waals surface area contributed by atoms with Crippen LogP contribution in [0.2, 0.25) is 5.02 Å². The number of ether oxygens (including phenoxy) is 1. The Bertz CT molecular complexity index is 786. The van der Waals surface area contributed by atoms with Crippen molar-refractivity contribution in [1.82, 2.24) is 5.32 Å². The number of benzene rings is 2. The highest BCUT2D eigenvalue weighted by molar-refractivity contribution is 9.10. The SMILES string of the molecule is CC[C@H](C)[C@@H](NC(=O)OCc1ccccc1)C(=O)Nc1ccc(Cl)c(Br)c1. The molecule has 0 saturated heterocycles.